The van der Waals surface area contributed by atoms with Gasteiger partial charge in [-0.25, -0.2) is 0 Å². The van der Waals surface area contributed by atoms with Crippen LogP contribution in [0, 0.1) is 12.8 Å². The Morgan fingerprint density at radius 3 is 2.28 bits per heavy atom. The van der Waals surface area contributed by atoms with E-state index in [-0.39, 0.29) is 5.78 Å². The third-order valence-electron chi connectivity index (χ3n) is 4.03. The Hall–Kier alpha value is -2.49. The number of rotatable bonds is 8. The highest BCUT2D eigenvalue weighted by atomic mass is 16.5. The number of benzene rings is 2. The first kappa shape index (κ1) is 18.8. The number of methoxy groups -OCH3 is 2. The highest BCUT2D eigenvalue weighted by Crippen LogP contribution is 2.43. The van der Waals surface area contributed by atoms with Gasteiger partial charge in [0.2, 0.25) is 5.75 Å². The summed E-state index contributed by atoms with van der Waals surface area (Å²) >= 11 is 0. The fourth-order valence-corrected chi connectivity index (χ4v) is 2.63. The molecule has 0 bridgehead atoms. The van der Waals surface area contributed by atoms with Crippen LogP contribution in [-0.4, -0.2) is 26.6 Å². The zero-order chi connectivity index (χ0) is 18.4. The minimum Gasteiger partial charge on any atom is -0.493 e. The molecule has 0 unspecified atom stereocenters. The average molecular weight is 342 g/mol. The van der Waals surface area contributed by atoms with Gasteiger partial charge < -0.3 is 14.2 Å². The first-order chi connectivity index (χ1) is 12.0. The number of ether oxygens (including phenoxy) is 3. The summed E-state index contributed by atoms with van der Waals surface area (Å²) in [6.07, 6.45) is 0.887. The van der Waals surface area contributed by atoms with Gasteiger partial charge in [0.25, 0.3) is 0 Å². The lowest BCUT2D eigenvalue weighted by molar-refractivity contribution is 0.103. The monoisotopic (exact) mass is 342 g/mol. The molecule has 2 aromatic carbocycles. The topological polar surface area (TPSA) is 44.8 Å². The molecule has 4 nitrogen and oxygen atoms in total. The van der Waals surface area contributed by atoms with Gasteiger partial charge in [-0.1, -0.05) is 44.2 Å². The molecule has 0 saturated carbocycles. The highest BCUT2D eigenvalue weighted by molar-refractivity contribution is 6.12. The molecular formula is C21H26O4. The summed E-state index contributed by atoms with van der Waals surface area (Å²) in [5.41, 5.74) is 1.94. The van der Waals surface area contributed by atoms with Crippen molar-refractivity contribution in [3.63, 3.8) is 0 Å². The largest absolute Gasteiger partial charge is 0.493 e. The van der Waals surface area contributed by atoms with Crippen LogP contribution in [0.5, 0.6) is 17.2 Å². The van der Waals surface area contributed by atoms with Crippen LogP contribution in [0.15, 0.2) is 36.4 Å². The van der Waals surface area contributed by atoms with Crippen LogP contribution >= 0.6 is 0 Å². The normalized spacial score (nSPS) is 10.6. The molecule has 0 aliphatic carbocycles. The number of aryl methyl sites for hydroxylation is 1. The van der Waals surface area contributed by atoms with Crippen LogP contribution in [-0.2, 0) is 0 Å². The van der Waals surface area contributed by atoms with Crippen LogP contribution in [0.1, 0.15) is 41.8 Å². The number of hydrogen-bond acceptors (Lipinski definition) is 4. The van der Waals surface area contributed by atoms with Gasteiger partial charge in [-0.2, -0.15) is 0 Å². The first-order valence-corrected chi connectivity index (χ1v) is 8.47. The van der Waals surface area contributed by atoms with Crippen LogP contribution in [0.25, 0.3) is 0 Å². The Morgan fingerprint density at radius 2 is 1.72 bits per heavy atom. The summed E-state index contributed by atoms with van der Waals surface area (Å²) < 4.78 is 16.9. The first-order valence-electron chi connectivity index (χ1n) is 8.47. The maximum atomic E-state index is 13.1. The molecule has 2 aromatic rings. The van der Waals surface area contributed by atoms with Gasteiger partial charge in [0.15, 0.2) is 17.3 Å². The van der Waals surface area contributed by atoms with Crippen LogP contribution in [0.2, 0.25) is 0 Å². The van der Waals surface area contributed by atoms with Gasteiger partial charge in [-0.05, 0) is 30.9 Å². The highest BCUT2D eigenvalue weighted by Gasteiger charge is 2.25. The molecule has 0 heterocycles. The quantitative estimate of drug-likeness (QED) is 0.654. The van der Waals surface area contributed by atoms with Gasteiger partial charge in [-0.15, -0.1) is 0 Å². The SMILES string of the molecule is COc1cc(C)c(C(=O)c2ccccc2)c(OCCC(C)C)c1OC. The zero-order valence-electron chi connectivity index (χ0n) is 15.6. The number of ketones is 1. The van der Waals surface area contributed by atoms with Crippen molar-refractivity contribution in [1.29, 1.82) is 0 Å². The van der Waals surface area contributed by atoms with Crippen molar-refractivity contribution in [2.24, 2.45) is 5.92 Å². The van der Waals surface area contributed by atoms with Crippen molar-refractivity contribution in [1.82, 2.24) is 0 Å². The van der Waals surface area contributed by atoms with E-state index in [9.17, 15) is 4.79 Å². The third kappa shape index (κ3) is 4.32. The van der Waals surface area contributed by atoms with Crippen LogP contribution in [0.3, 0.4) is 0 Å². The van der Waals surface area contributed by atoms with E-state index in [1.165, 1.54) is 0 Å². The molecule has 0 aliphatic rings. The number of carbonyl (C=O) groups is 1. The molecule has 0 amide bonds. The molecule has 134 valence electrons. The Bertz CT molecular complexity index is 720. The Balaban J connectivity index is 2.54. The Morgan fingerprint density at radius 1 is 1.04 bits per heavy atom. The van der Waals surface area contributed by atoms with Gasteiger partial charge >= 0.3 is 0 Å². The summed E-state index contributed by atoms with van der Waals surface area (Å²) in [6, 6.07) is 11.0. The van der Waals surface area contributed by atoms with Crippen molar-refractivity contribution < 1.29 is 19.0 Å². The maximum Gasteiger partial charge on any atom is 0.204 e. The predicted molar refractivity (Wildman–Crippen MR) is 99.1 cm³/mol. The van der Waals surface area contributed by atoms with E-state index in [4.69, 9.17) is 14.2 Å². The molecule has 0 atom stereocenters. The second kappa shape index (κ2) is 8.56. The van der Waals surface area contributed by atoms with E-state index >= 15 is 0 Å². The van der Waals surface area contributed by atoms with E-state index in [1.54, 1.807) is 26.4 Å². The summed E-state index contributed by atoms with van der Waals surface area (Å²) in [5, 5.41) is 0. The third-order valence-corrected chi connectivity index (χ3v) is 4.03. The fourth-order valence-electron chi connectivity index (χ4n) is 2.63. The second-order valence-corrected chi connectivity index (χ2v) is 6.36. The van der Waals surface area contributed by atoms with Crippen LogP contribution in [0.4, 0.5) is 0 Å². The second-order valence-electron chi connectivity index (χ2n) is 6.36. The maximum absolute atomic E-state index is 13.1. The molecule has 0 fully saturated rings. The lowest BCUT2D eigenvalue weighted by Crippen LogP contribution is -2.11. The average Bonchev–Trinajstić information content (AvgIpc) is 2.61. The Labute approximate surface area is 149 Å². The molecule has 0 N–H and O–H groups in total. The molecule has 0 radical (unpaired) electrons. The van der Waals surface area contributed by atoms with Gasteiger partial charge in [-0.3, -0.25) is 4.79 Å². The summed E-state index contributed by atoms with van der Waals surface area (Å²) in [4.78, 5) is 13.1. The van der Waals surface area contributed by atoms with Gasteiger partial charge in [0.1, 0.15) is 0 Å². The lowest BCUT2D eigenvalue weighted by atomic mass is 9.97. The lowest BCUT2D eigenvalue weighted by Gasteiger charge is -2.19. The number of carbonyl (C=O) groups excluding carboxylic acids is 1. The molecule has 4 heteroatoms. The van der Waals surface area contributed by atoms with E-state index in [2.05, 4.69) is 13.8 Å². The van der Waals surface area contributed by atoms with Crippen molar-refractivity contribution in [3.8, 4) is 17.2 Å². The molecule has 0 saturated heterocycles. The minimum atomic E-state index is -0.0846. The van der Waals surface area contributed by atoms with Crippen molar-refractivity contribution in [3.05, 3.63) is 53.1 Å². The summed E-state index contributed by atoms with van der Waals surface area (Å²) in [7, 11) is 3.13. The molecule has 0 aliphatic heterocycles. The van der Waals surface area contributed by atoms with Crippen molar-refractivity contribution in [2.75, 3.05) is 20.8 Å². The van der Waals surface area contributed by atoms with E-state index in [0.29, 0.717) is 40.9 Å². The summed E-state index contributed by atoms with van der Waals surface area (Å²) in [5.74, 6) is 1.89. The standard InChI is InChI=1S/C21H26O4/c1-14(2)11-12-25-21-18(19(22)16-9-7-6-8-10-16)15(3)13-17(23-4)20(21)24-5/h6-10,13-14H,11-12H2,1-5H3. The molecular weight excluding hydrogens is 316 g/mol. The Kier molecular flexibility index (Phi) is 6.45. The van der Waals surface area contributed by atoms with E-state index in [0.717, 1.165) is 12.0 Å². The zero-order valence-corrected chi connectivity index (χ0v) is 15.6. The summed E-state index contributed by atoms with van der Waals surface area (Å²) in [6.45, 7) is 6.66. The predicted octanol–water partition coefficient (Wildman–Crippen LogP) is 4.67. The van der Waals surface area contributed by atoms with Crippen molar-refractivity contribution >= 4 is 5.78 Å². The van der Waals surface area contributed by atoms with Gasteiger partial charge in [0.05, 0.1) is 26.4 Å². The molecule has 2 rings (SSSR count). The molecule has 25 heavy (non-hydrogen) atoms. The van der Waals surface area contributed by atoms with E-state index < -0.39 is 0 Å². The molecule has 0 spiro atoms. The van der Waals surface area contributed by atoms with E-state index in [1.807, 2.05) is 31.2 Å². The van der Waals surface area contributed by atoms with Crippen LogP contribution < -0.4 is 14.2 Å². The smallest absolute Gasteiger partial charge is 0.204 e. The molecule has 0 aromatic heterocycles. The van der Waals surface area contributed by atoms with Crippen molar-refractivity contribution in [2.45, 2.75) is 27.2 Å². The minimum absolute atomic E-state index is 0.0846. The number of hydrogen-bond donors (Lipinski definition) is 0. The van der Waals surface area contributed by atoms with Gasteiger partial charge in [0, 0.05) is 5.56 Å². The fraction of sp³-hybridized carbons (Fsp3) is 0.381.